The van der Waals surface area contributed by atoms with Crippen molar-refractivity contribution in [2.24, 2.45) is 0 Å². The molecule has 0 bridgehead atoms. The van der Waals surface area contributed by atoms with Crippen LogP contribution in [0.1, 0.15) is 30.1 Å². The summed E-state index contributed by atoms with van der Waals surface area (Å²) >= 11 is 0. The molecule has 4 heterocycles. The number of pyridine rings is 2. The molecule has 28 heavy (non-hydrogen) atoms. The number of benzene rings is 1. The second-order valence-electron chi connectivity index (χ2n) is 7.41. The molecule has 0 saturated carbocycles. The van der Waals surface area contributed by atoms with Crippen molar-refractivity contribution in [3.8, 4) is 0 Å². The Morgan fingerprint density at radius 1 is 0.929 bits per heavy atom. The number of fused-ring (bicyclic) bond motifs is 1. The molecule has 1 atom stereocenters. The van der Waals surface area contributed by atoms with E-state index in [9.17, 15) is 0 Å². The van der Waals surface area contributed by atoms with Gasteiger partial charge in [-0.3, -0.25) is 4.98 Å². The molecule has 0 amide bonds. The molecule has 140 valence electrons. The predicted octanol–water partition coefficient (Wildman–Crippen LogP) is 4.26. The molecule has 1 aliphatic rings. The van der Waals surface area contributed by atoms with Gasteiger partial charge < -0.3 is 9.47 Å². The number of piperidine rings is 1. The summed E-state index contributed by atoms with van der Waals surface area (Å²) in [4.78, 5) is 16.0. The minimum atomic E-state index is 0.409. The van der Waals surface area contributed by atoms with Gasteiger partial charge in [0.15, 0.2) is 0 Å². The van der Waals surface area contributed by atoms with Crippen molar-refractivity contribution in [3.05, 3.63) is 84.8 Å². The van der Waals surface area contributed by atoms with Crippen LogP contribution in [0.2, 0.25) is 0 Å². The maximum absolute atomic E-state index is 4.73. The van der Waals surface area contributed by atoms with Gasteiger partial charge in [-0.15, -0.1) is 0 Å². The van der Waals surface area contributed by atoms with Crippen LogP contribution in [0.5, 0.6) is 0 Å². The van der Waals surface area contributed by atoms with Gasteiger partial charge in [-0.05, 0) is 42.0 Å². The smallest absolute Gasteiger partial charge is 0.136 e. The highest BCUT2D eigenvalue weighted by molar-refractivity contribution is 5.92. The number of anilines is 1. The number of aromatic nitrogens is 4. The third-order valence-electron chi connectivity index (χ3n) is 5.59. The maximum Gasteiger partial charge on any atom is 0.136 e. The Balaban J connectivity index is 1.42. The molecule has 1 unspecified atom stereocenters. The van der Waals surface area contributed by atoms with E-state index in [4.69, 9.17) is 9.97 Å². The van der Waals surface area contributed by atoms with Gasteiger partial charge in [-0.1, -0.05) is 24.3 Å². The molecule has 1 saturated heterocycles. The summed E-state index contributed by atoms with van der Waals surface area (Å²) in [6.45, 7) is 2.83. The van der Waals surface area contributed by atoms with E-state index >= 15 is 0 Å². The zero-order chi connectivity index (χ0) is 18.8. The van der Waals surface area contributed by atoms with Crippen LogP contribution in [0.4, 0.5) is 5.82 Å². The van der Waals surface area contributed by atoms with Crippen LogP contribution in [0.25, 0.3) is 10.8 Å². The lowest BCUT2D eigenvalue weighted by molar-refractivity contribution is 0.475. The monoisotopic (exact) mass is 369 g/mol. The number of imidazole rings is 1. The molecule has 1 fully saturated rings. The zero-order valence-electron chi connectivity index (χ0n) is 15.8. The fourth-order valence-electron chi connectivity index (χ4n) is 4.24. The quantitative estimate of drug-likeness (QED) is 0.539. The highest BCUT2D eigenvalue weighted by atomic mass is 15.2. The van der Waals surface area contributed by atoms with E-state index in [1.54, 1.807) is 0 Å². The molecular formula is C23H23N5. The Kier molecular flexibility index (Phi) is 4.49. The first-order chi connectivity index (χ1) is 13.9. The summed E-state index contributed by atoms with van der Waals surface area (Å²) in [5.74, 6) is 2.67. The highest BCUT2D eigenvalue weighted by Gasteiger charge is 2.26. The molecule has 5 heteroatoms. The Morgan fingerprint density at radius 2 is 1.82 bits per heavy atom. The minimum absolute atomic E-state index is 0.409. The molecule has 0 radical (unpaired) electrons. The average Bonchev–Trinajstić information content (AvgIpc) is 3.22. The van der Waals surface area contributed by atoms with E-state index < -0.39 is 0 Å². The van der Waals surface area contributed by atoms with E-state index in [2.05, 4.69) is 63.1 Å². The van der Waals surface area contributed by atoms with Gasteiger partial charge in [-0.2, -0.15) is 0 Å². The second kappa shape index (κ2) is 7.43. The third-order valence-corrected chi connectivity index (χ3v) is 5.59. The molecule has 5 nitrogen and oxygen atoms in total. The van der Waals surface area contributed by atoms with Crippen LogP contribution in [-0.2, 0) is 6.54 Å². The lowest BCUT2D eigenvalue weighted by Gasteiger charge is -2.34. The van der Waals surface area contributed by atoms with Gasteiger partial charge in [0.25, 0.3) is 0 Å². The van der Waals surface area contributed by atoms with E-state index in [1.807, 2.05) is 24.8 Å². The third kappa shape index (κ3) is 3.24. The predicted molar refractivity (Wildman–Crippen MR) is 111 cm³/mol. The van der Waals surface area contributed by atoms with Gasteiger partial charge >= 0.3 is 0 Å². The standard InChI is InChI=1S/C23H23N5/c1-2-6-21-19(4-1)9-12-25-23(21)27-14-3-5-20(17-27)22-26-13-15-28(22)16-18-7-10-24-11-8-18/h1-2,4,6-13,15,20H,3,5,14,16-17H2. The van der Waals surface area contributed by atoms with Crippen molar-refractivity contribution in [3.63, 3.8) is 0 Å². The molecule has 5 rings (SSSR count). The normalized spacial score (nSPS) is 17.1. The molecular weight excluding hydrogens is 346 g/mol. The van der Waals surface area contributed by atoms with Gasteiger partial charge in [-0.25, -0.2) is 9.97 Å². The fraction of sp³-hybridized carbons (Fsp3) is 0.261. The fourth-order valence-corrected chi connectivity index (χ4v) is 4.24. The Labute approximate surface area is 164 Å². The summed E-state index contributed by atoms with van der Waals surface area (Å²) in [6.07, 6.45) is 11.9. The zero-order valence-corrected chi connectivity index (χ0v) is 15.8. The average molecular weight is 369 g/mol. The molecule has 0 spiro atoms. The summed E-state index contributed by atoms with van der Waals surface area (Å²) < 4.78 is 2.28. The Morgan fingerprint density at radius 3 is 2.75 bits per heavy atom. The number of hydrogen-bond acceptors (Lipinski definition) is 4. The van der Waals surface area contributed by atoms with Crippen molar-refractivity contribution in [2.45, 2.75) is 25.3 Å². The molecule has 0 N–H and O–H groups in total. The van der Waals surface area contributed by atoms with Crippen molar-refractivity contribution < 1.29 is 0 Å². The van der Waals surface area contributed by atoms with E-state index in [1.165, 1.54) is 22.2 Å². The molecule has 4 aromatic rings. The number of rotatable bonds is 4. The van der Waals surface area contributed by atoms with Crippen molar-refractivity contribution in [1.82, 2.24) is 19.5 Å². The summed E-state index contributed by atoms with van der Waals surface area (Å²) in [5.41, 5.74) is 1.25. The van der Waals surface area contributed by atoms with Crippen LogP contribution in [-0.4, -0.2) is 32.6 Å². The van der Waals surface area contributed by atoms with Gasteiger partial charge in [0.05, 0.1) is 0 Å². The summed E-state index contributed by atoms with van der Waals surface area (Å²) in [6, 6.07) is 14.7. The lowest BCUT2D eigenvalue weighted by atomic mass is 9.96. The van der Waals surface area contributed by atoms with Crippen LogP contribution in [0, 0.1) is 0 Å². The number of nitrogens with zero attached hydrogens (tertiary/aromatic N) is 5. The van der Waals surface area contributed by atoms with Gasteiger partial charge in [0.1, 0.15) is 11.6 Å². The van der Waals surface area contributed by atoms with Gasteiger partial charge in [0.2, 0.25) is 0 Å². The molecule has 1 aliphatic heterocycles. The van der Waals surface area contributed by atoms with Crippen molar-refractivity contribution in [1.29, 1.82) is 0 Å². The van der Waals surface area contributed by atoms with E-state index in [0.717, 1.165) is 38.3 Å². The first-order valence-electron chi connectivity index (χ1n) is 9.87. The van der Waals surface area contributed by atoms with E-state index in [-0.39, 0.29) is 0 Å². The van der Waals surface area contributed by atoms with E-state index in [0.29, 0.717) is 5.92 Å². The van der Waals surface area contributed by atoms with Crippen LogP contribution in [0.3, 0.4) is 0 Å². The first kappa shape index (κ1) is 16.9. The molecule has 1 aromatic carbocycles. The largest absolute Gasteiger partial charge is 0.355 e. The van der Waals surface area contributed by atoms with Crippen LogP contribution in [0.15, 0.2) is 73.4 Å². The Bertz CT molecular complexity index is 1070. The molecule has 3 aromatic heterocycles. The lowest BCUT2D eigenvalue weighted by Crippen LogP contribution is -2.36. The first-order valence-corrected chi connectivity index (χ1v) is 9.87. The van der Waals surface area contributed by atoms with Crippen LogP contribution >= 0.6 is 0 Å². The van der Waals surface area contributed by atoms with Crippen LogP contribution < -0.4 is 4.90 Å². The Hall–Kier alpha value is -3.21. The van der Waals surface area contributed by atoms with Crippen molar-refractivity contribution in [2.75, 3.05) is 18.0 Å². The maximum atomic E-state index is 4.73. The second-order valence-corrected chi connectivity index (χ2v) is 7.41. The minimum Gasteiger partial charge on any atom is -0.355 e. The van der Waals surface area contributed by atoms with Crippen molar-refractivity contribution >= 4 is 16.6 Å². The van der Waals surface area contributed by atoms with Gasteiger partial charge in [0, 0.05) is 61.9 Å². The highest BCUT2D eigenvalue weighted by Crippen LogP contribution is 2.32. The summed E-state index contributed by atoms with van der Waals surface area (Å²) in [5, 5.41) is 2.47. The topological polar surface area (TPSA) is 46.8 Å². The summed E-state index contributed by atoms with van der Waals surface area (Å²) in [7, 11) is 0. The molecule has 0 aliphatic carbocycles. The number of hydrogen-bond donors (Lipinski definition) is 0. The SMILES string of the molecule is c1ccc2c(N3CCCC(c4nccn4Cc4ccncc4)C3)nccc2c1.